The summed E-state index contributed by atoms with van der Waals surface area (Å²) in [6, 6.07) is 5.31. The highest BCUT2D eigenvalue weighted by atomic mass is 35.5. The van der Waals surface area contributed by atoms with Crippen molar-refractivity contribution in [2.24, 2.45) is 0 Å². The minimum atomic E-state index is -0.0525. The summed E-state index contributed by atoms with van der Waals surface area (Å²) in [5.74, 6) is 1.13. The quantitative estimate of drug-likeness (QED) is 0.451. The van der Waals surface area contributed by atoms with Gasteiger partial charge in [-0.05, 0) is 58.3 Å². The Kier molecular flexibility index (Phi) is 7.62. The molecule has 2 N–H and O–H groups in total. The number of nitrogens with one attached hydrogen (secondary N) is 2. The summed E-state index contributed by atoms with van der Waals surface area (Å²) in [5, 5.41) is 4.71. The number of halogens is 1. The molecule has 0 aliphatic carbocycles. The first kappa shape index (κ1) is 22.0. The molecule has 0 atom stereocenters. The van der Waals surface area contributed by atoms with Gasteiger partial charge in [0.15, 0.2) is 6.29 Å². The number of carbonyl (C=O) groups is 1. The van der Waals surface area contributed by atoms with Crippen molar-refractivity contribution in [3.05, 3.63) is 41.3 Å². The summed E-state index contributed by atoms with van der Waals surface area (Å²) in [4.78, 5) is 27.1. The van der Waals surface area contributed by atoms with E-state index in [1.54, 1.807) is 12.1 Å². The van der Waals surface area contributed by atoms with Gasteiger partial charge in [0, 0.05) is 24.5 Å². The van der Waals surface area contributed by atoms with Crippen molar-refractivity contribution in [3.8, 4) is 5.75 Å². The molecule has 2 heterocycles. The lowest BCUT2D eigenvalue weighted by molar-refractivity contribution is -0.109. The van der Waals surface area contributed by atoms with E-state index in [0.29, 0.717) is 22.9 Å². The number of benzene rings is 1. The molecule has 0 saturated carbocycles. The van der Waals surface area contributed by atoms with E-state index in [-0.39, 0.29) is 6.61 Å². The van der Waals surface area contributed by atoms with Crippen LogP contribution in [-0.4, -0.2) is 71.9 Å². The largest absolute Gasteiger partial charge is 0.485 e. The molecule has 30 heavy (non-hydrogen) atoms. The Morgan fingerprint density at radius 2 is 2.07 bits per heavy atom. The van der Waals surface area contributed by atoms with Gasteiger partial charge in [-0.1, -0.05) is 11.6 Å². The average Bonchev–Trinajstić information content (AvgIpc) is 3.12. The molecule has 3 aromatic rings. The Balaban J connectivity index is 1.80. The van der Waals surface area contributed by atoms with Crippen LogP contribution in [0.2, 0.25) is 5.02 Å². The molecular formula is C21H27ClN6O2. The maximum Gasteiger partial charge on any atom is 0.157 e. The predicted molar refractivity (Wildman–Crippen MR) is 120 cm³/mol. The van der Waals surface area contributed by atoms with Crippen molar-refractivity contribution in [2.45, 2.75) is 13.0 Å². The first-order chi connectivity index (χ1) is 14.5. The van der Waals surface area contributed by atoms with Crippen LogP contribution in [-0.2, 0) is 11.3 Å². The summed E-state index contributed by atoms with van der Waals surface area (Å²) in [6.07, 6.45) is 5.28. The number of rotatable bonds is 11. The number of aromatic amines is 1. The van der Waals surface area contributed by atoms with Crippen LogP contribution < -0.4 is 10.1 Å². The van der Waals surface area contributed by atoms with Gasteiger partial charge in [0.05, 0.1) is 10.4 Å². The van der Waals surface area contributed by atoms with Crippen molar-refractivity contribution < 1.29 is 9.53 Å². The maximum absolute atomic E-state index is 10.6. The van der Waals surface area contributed by atoms with E-state index in [0.717, 1.165) is 48.3 Å². The Bertz CT molecular complexity index is 991. The molecule has 0 spiro atoms. The lowest BCUT2D eigenvalue weighted by Gasteiger charge is -2.18. The third kappa shape index (κ3) is 5.69. The molecule has 0 aliphatic heterocycles. The van der Waals surface area contributed by atoms with E-state index < -0.39 is 0 Å². The fourth-order valence-electron chi connectivity index (χ4n) is 3.23. The highest BCUT2D eigenvalue weighted by Crippen LogP contribution is 2.31. The monoisotopic (exact) mass is 430 g/mol. The molecule has 3 rings (SSSR count). The van der Waals surface area contributed by atoms with Crippen LogP contribution in [0.15, 0.2) is 30.7 Å². The summed E-state index contributed by atoms with van der Waals surface area (Å²) in [5.41, 5.74) is 2.65. The summed E-state index contributed by atoms with van der Waals surface area (Å²) < 4.78 is 5.38. The summed E-state index contributed by atoms with van der Waals surface area (Å²) in [7, 11) is 6.28. The van der Waals surface area contributed by atoms with Crippen molar-refractivity contribution in [1.29, 1.82) is 0 Å². The molecule has 0 amide bonds. The summed E-state index contributed by atoms with van der Waals surface area (Å²) in [6.45, 7) is 2.78. The van der Waals surface area contributed by atoms with E-state index in [9.17, 15) is 4.79 Å². The van der Waals surface area contributed by atoms with Gasteiger partial charge in [0.2, 0.25) is 0 Å². The van der Waals surface area contributed by atoms with Crippen LogP contribution >= 0.6 is 11.6 Å². The zero-order chi connectivity index (χ0) is 21.5. The number of fused-ring (bicyclic) bond motifs is 1. The number of ether oxygens (including phenoxy) is 1. The lowest BCUT2D eigenvalue weighted by atomic mass is 10.2. The number of hydrogen-bond acceptors (Lipinski definition) is 7. The zero-order valence-corrected chi connectivity index (χ0v) is 18.2. The van der Waals surface area contributed by atoms with Gasteiger partial charge in [0.1, 0.15) is 30.1 Å². The normalized spacial score (nSPS) is 11.4. The molecule has 0 radical (unpaired) electrons. The average molecular weight is 431 g/mol. The lowest BCUT2D eigenvalue weighted by Crippen LogP contribution is -2.23. The van der Waals surface area contributed by atoms with Crippen LogP contribution in [0, 0.1) is 0 Å². The highest BCUT2D eigenvalue weighted by molar-refractivity contribution is 6.32. The minimum Gasteiger partial charge on any atom is -0.485 e. The fourth-order valence-corrected chi connectivity index (χ4v) is 3.40. The molecule has 0 unspecified atom stereocenters. The first-order valence-corrected chi connectivity index (χ1v) is 10.1. The number of anilines is 2. The van der Waals surface area contributed by atoms with Crippen LogP contribution in [0.4, 0.5) is 11.5 Å². The SMILES string of the molecule is CN(C)CCCN(C)Cc1c[nH]c2ncnc(Nc3ccc(Cl)c(OCC=O)c3)c12. The number of aromatic nitrogens is 3. The Labute approximate surface area is 181 Å². The molecule has 0 fully saturated rings. The molecule has 2 aromatic heterocycles. The molecule has 8 nitrogen and oxygen atoms in total. The van der Waals surface area contributed by atoms with Gasteiger partial charge in [0.25, 0.3) is 0 Å². The topological polar surface area (TPSA) is 86.4 Å². The van der Waals surface area contributed by atoms with Gasteiger partial charge >= 0.3 is 0 Å². The maximum atomic E-state index is 10.6. The third-order valence-electron chi connectivity index (χ3n) is 4.64. The van der Waals surface area contributed by atoms with Crippen LogP contribution in [0.3, 0.4) is 0 Å². The number of nitrogens with zero attached hydrogens (tertiary/aromatic N) is 4. The minimum absolute atomic E-state index is 0.0525. The van der Waals surface area contributed by atoms with Crippen molar-refractivity contribution in [1.82, 2.24) is 24.8 Å². The van der Waals surface area contributed by atoms with E-state index in [4.69, 9.17) is 16.3 Å². The molecule has 0 aliphatic rings. The number of aldehydes is 1. The summed E-state index contributed by atoms with van der Waals surface area (Å²) >= 11 is 6.15. The van der Waals surface area contributed by atoms with Crippen LogP contribution in [0.25, 0.3) is 11.0 Å². The number of H-pyrrole nitrogens is 1. The smallest absolute Gasteiger partial charge is 0.157 e. The van der Waals surface area contributed by atoms with Crippen molar-refractivity contribution in [2.75, 3.05) is 46.2 Å². The molecular weight excluding hydrogens is 404 g/mol. The van der Waals surface area contributed by atoms with E-state index in [1.807, 2.05) is 12.3 Å². The number of hydrogen-bond donors (Lipinski definition) is 2. The van der Waals surface area contributed by atoms with Gasteiger partial charge in [-0.15, -0.1) is 0 Å². The zero-order valence-electron chi connectivity index (χ0n) is 17.5. The highest BCUT2D eigenvalue weighted by Gasteiger charge is 2.14. The third-order valence-corrected chi connectivity index (χ3v) is 4.95. The standard InChI is InChI=1S/C21H27ClN6O2/c1-27(2)7-4-8-28(3)13-15-12-23-20-19(15)21(25-14-24-20)26-16-5-6-17(22)18(11-16)30-10-9-29/h5-6,9,11-12,14H,4,7-8,10,13H2,1-3H3,(H2,23,24,25,26). The second kappa shape index (κ2) is 10.4. The van der Waals surface area contributed by atoms with E-state index in [1.165, 1.54) is 6.33 Å². The Morgan fingerprint density at radius 1 is 1.23 bits per heavy atom. The van der Waals surface area contributed by atoms with Gasteiger partial charge < -0.3 is 24.8 Å². The van der Waals surface area contributed by atoms with Gasteiger partial charge in [-0.3, -0.25) is 4.79 Å². The van der Waals surface area contributed by atoms with Gasteiger partial charge in [-0.25, -0.2) is 9.97 Å². The fraction of sp³-hybridized carbons (Fsp3) is 0.381. The first-order valence-electron chi connectivity index (χ1n) is 9.75. The molecule has 9 heteroatoms. The second-order valence-electron chi connectivity index (χ2n) is 7.40. The predicted octanol–water partition coefficient (Wildman–Crippen LogP) is 3.32. The Hall–Kier alpha value is -2.68. The van der Waals surface area contributed by atoms with Crippen molar-refractivity contribution in [3.63, 3.8) is 0 Å². The molecule has 0 bridgehead atoms. The van der Waals surface area contributed by atoms with Crippen molar-refractivity contribution >= 4 is 40.4 Å². The van der Waals surface area contributed by atoms with Gasteiger partial charge in [-0.2, -0.15) is 0 Å². The van der Waals surface area contributed by atoms with E-state index >= 15 is 0 Å². The molecule has 1 aromatic carbocycles. The Morgan fingerprint density at radius 3 is 2.83 bits per heavy atom. The second-order valence-corrected chi connectivity index (χ2v) is 7.81. The van der Waals surface area contributed by atoms with Crippen LogP contribution in [0.5, 0.6) is 5.75 Å². The van der Waals surface area contributed by atoms with E-state index in [2.05, 4.69) is 51.2 Å². The van der Waals surface area contributed by atoms with Crippen LogP contribution in [0.1, 0.15) is 12.0 Å². The molecule has 160 valence electrons. The molecule has 0 saturated heterocycles. The number of carbonyl (C=O) groups excluding carboxylic acids is 1.